The molecular formula is C16H17ClN2O2. The number of aryl methyl sites for hydroxylation is 1. The molecule has 2 rings (SSSR count). The smallest absolute Gasteiger partial charge is 0.326 e. The van der Waals surface area contributed by atoms with Gasteiger partial charge in [0.15, 0.2) is 0 Å². The number of nitrogens with zero attached hydrogens (tertiary/aromatic N) is 1. The third-order valence-corrected chi connectivity index (χ3v) is 3.36. The van der Waals surface area contributed by atoms with Crippen molar-refractivity contribution in [2.24, 2.45) is 0 Å². The number of phenolic OH excluding ortho intramolecular Hbond substituents is 1. The molecule has 4 nitrogen and oxygen atoms in total. The van der Waals surface area contributed by atoms with E-state index in [1.54, 1.807) is 47.4 Å². The van der Waals surface area contributed by atoms with Crippen molar-refractivity contribution in [1.29, 1.82) is 0 Å². The summed E-state index contributed by atoms with van der Waals surface area (Å²) in [7, 11) is 0. The zero-order valence-electron chi connectivity index (χ0n) is 11.9. The average molecular weight is 305 g/mol. The molecule has 0 unspecified atom stereocenters. The van der Waals surface area contributed by atoms with Gasteiger partial charge in [0.2, 0.25) is 0 Å². The average Bonchev–Trinajstić information content (AvgIpc) is 2.43. The summed E-state index contributed by atoms with van der Waals surface area (Å²) in [5.74, 6) is 0.129. The molecule has 0 spiro atoms. The largest absolute Gasteiger partial charge is 0.508 e. The van der Waals surface area contributed by atoms with Crippen LogP contribution < -0.4 is 10.2 Å². The predicted molar refractivity (Wildman–Crippen MR) is 86.3 cm³/mol. The van der Waals surface area contributed by atoms with Crippen molar-refractivity contribution >= 4 is 29.0 Å². The monoisotopic (exact) mass is 304 g/mol. The maximum atomic E-state index is 12.4. The fraction of sp³-hybridized carbons (Fsp3) is 0.188. The van der Waals surface area contributed by atoms with Crippen LogP contribution in [0.5, 0.6) is 5.75 Å². The van der Waals surface area contributed by atoms with Gasteiger partial charge in [0.05, 0.1) is 5.69 Å². The van der Waals surface area contributed by atoms with Gasteiger partial charge in [-0.2, -0.15) is 0 Å². The highest BCUT2D eigenvalue weighted by molar-refractivity contribution is 6.30. The number of aromatic hydroxyl groups is 1. The fourth-order valence-electron chi connectivity index (χ4n) is 2.07. The van der Waals surface area contributed by atoms with E-state index in [1.165, 1.54) is 0 Å². The highest BCUT2D eigenvalue weighted by Gasteiger charge is 2.16. The summed E-state index contributed by atoms with van der Waals surface area (Å²) in [6, 6.07) is 11.7. The summed E-state index contributed by atoms with van der Waals surface area (Å²) >= 11 is 5.91. The van der Waals surface area contributed by atoms with Gasteiger partial charge in [0.25, 0.3) is 0 Å². The molecule has 2 amide bonds. The van der Waals surface area contributed by atoms with E-state index in [2.05, 4.69) is 5.32 Å². The van der Waals surface area contributed by atoms with E-state index in [0.29, 0.717) is 22.9 Å². The molecule has 0 aliphatic heterocycles. The Hall–Kier alpha value is -2.20. The number of nitrogens with one attached hydrogen (secondary N) is 1. The Balaban J connectivity index is 2.24. The van der Waals surface area contributed by atoms with Gasteiger partial charge in [-0.15, -0.1) is 0 Å². The Bertz CT molecular complexity index is 658. The minimum atomic E-state index is -0.270. The molecule has 0 saturated carbocycles. The molecule has 5 heteroatoms. The number of halogens is 1. The molecule has 0 heterocycles. The third kappa shape index (κ3) is 3.67. The molecular weight excluding hydrogens is 288 g/mol. The van der Waals surface area contributed by atoms with Crippen LogP contribution in [0.25, 0.3) is 0 Å². The van der Waals surface area contributed by atoms with E-state index in [0.717, 1.165) is 5.56 Å². The molecule has 0 aliphatic rings. The Labute approximate surface area is 129 Å². The minimum Gasteiger partial charge on any atom is -0.508 e. The first-order valence-corrected chi connectivity index (χ1v) is 7.02. The second kappa shape index (κ2) is 6.50. The quantitative estimate of drug-likeness (QED) is 0.882. The maximum absolute atomic E-state index is 12.4. The Morgan fingerprint density at radius 1 is 1.29 bits per heavy atom. The fourth-order valence-corrected chi connectivity index (χ4v) is 2.26. The Morgan fingerprint density at radius 2 is 2.05 bits per heavy atom. The lowest BCUT2D eigenvalue weighted by molar-refractivity contribution is 0.257. The zero-order valence-corrected chi connectivity index (χ0v) is 12.7. The van der Waals surface area contributed by atoms with Crippen LogP contribution in [0.2, 0.25) is 5.02 Å². The SMILES string of the molecule is CCN(C(=O)Nc1cccc(Cl)c1)c1cc(O)ccc1C. The first-order valence-electron chi connectivity index (χ1n) is 6.65. The molecule has 0 aromatic heterocycles. The van der Waals surface area contributed by atoms with Crippen LogP contribution in [0.4, 0.5) is 16.2 Å². The van der Waals surface area contributed by atoms with E-state index in [-0.39, 0.29) is 11.8 Å². The van der Waals surface area contributed by atoms with E-state index < -0.39 is 0 Å². The summed E-state index contributed by atoms with van der Waals surface area (Å²) in [5, 5.41) is 13.0. The van der Waals surface area contributed by atoms with Crippen LogP contribution in [0.15, 0.2) is 42.5 Å². The van der Waals surface area contributed by atoms with Gasteiger partial charge >= 0.3 is 6.03 Å². The zero-order chi connectivity index (χ0) is 15.4. The number of benzene rings is 2. The van der Waals surface area contributed by atoms with Crippen LogP contribution in [0, 0.1) is 6.92 Å². The van der Waals surface area contributed by atoms with Gasteiger partial charge in [-0.05, 0) is 43.7 Å². The highest BCUT2D eigenvalue weighted by Crippen LogP contribution is 2.25. The van der Waals surface area contributed by atoms with Crippen LogP contribution in [-0.4, -0.2) is 17.7 Å². The second-order valence-corrected chi connectivity index (χ2v) is 5.09. The molecule has 2 aromatic rings. The molecule has 21 heavy (non-hydrogen) atoms. The summed E-state index contributed by atoms with van der Waals surface area (Å²) in [6.45, 7) is 4.25. The number of rotatable bonds is 3. The number of hydrogen-bond donors (Lipinski definition) is 2. The predicted octanol–water partition coefficient (Wildman–Crippen LogP) is 4.41. The third-order valence-electron chi connectivity index (χ3n) is 3.12. The van der Waals surface area contributed by atoms with Crippen LogP contribution in [0.3, 0.4) is 0 Å². The maximum Gasteiger partial charge on any atom is 0.326 e. The second-order valence-electron chi connectivity index (χ2n) is 4.66. The first kappa shape index (κ1) is 15.2. The Kier molecular flexibility index (Phi) is 4.70. The van der Waals surface area contributed by atoms with Gasteiger partial charge in [0, 0.05) is 23.3 Å². The highest BCUT2D eigenvalue weighted by atomic mass is 35.5. The summed E-state index contributed by atoms with van der Waals surface area (Å²) in [5.41, 5.74) is 2.22. The molecule has 0 saturated heterocycles. The molecule has 0 aliphatic carbocycles. The normalized spacial score (nSPS) is 10.2. The molecule has 110 valence electrons. The van der Waals surface area contributed by atoms with Gasteiger partial charge in [-0.1, -0.05) is 23.7 Å². The number of carbonyl (C=O) groups excluding carboxylic acids is 1. The van der Waals surface area contributed by atoms with E-state index >= 15 is 0 Å². The molecule has 0 fully saturated rings. The van der Waals surface area contributed by atoms with Gasteiger partial charge in [-0.3, -0.25) is 4.90 Å². The standard InChI is InChI=1S/C16H17ClN2O2/c1-3-19(15-10-14(20)8-7-11(15)2)16(21)18-13-6-4-5-12(17)9-13/h4-10,20H,3H2,1-2H3,(H,18,21). The summed E-state index contributed by atoms with van der Waals surface area (Å²) in [4.78, 5) is 14.0. The molecule has 2 aromatic carbocycles. The van der Waals surface area contributed by atoms with E-state index in [4.69, 9.17) is 11.6 Å². The van der Waals surface area contributed by atoms with Crippen molar-refractivity contribution in [3.8, 4) is 5.75 Å². The summed E-state index contributed by atoms with van der Waals surface area (Å²) in [6.07, 6.45) is 0. The first-order chi connectivity index (χ1) is 10.0. The number of amides is 2. The van der Waals surface area contributed by atoms with Gasteiger partial charge in [0.1, 0.15) is 5.75 Å². The molecule has 0 bridgehead atoms. The van der Waals surface area contributed by atoms with E-state index in [9.17, 15) is 9.90 Å². The van der Waals surface area contributed by atoms with Gasteiger partial charge in [-0.25, -0.2) is 4.79 Å². The van der Waals surface area contributed by atoms with Crippen molar-refractivity contribution in [1.82, 2.24) is 0 Å². The Morgan fingerprint density at radius 3 is 2.71 bits per heavy atom. The van der Waals surface area contributed by atoms with Crippen molar-refractivity contribution in [3.63, 3.8) is 0 Å². The molecule has 2 N–H and O–H groups in total. The van der Waals surface area contributed by atoms with Crippen LogP contribution >= 0.6 is 11.6 Å². The number of hydrogen-bond acceptors (Lipinski definition) is 2. The number of urea groups is 1. The van der Waals surface area contributed by atoms with Crippen LogP contribution in [0.1, 0.15) is 12.5 Å². The minimum absolute atomic E-state index is 0.129. The van der Waals surface area contributed by atoms with Crippen molar-refractivity contribution in [3.05, 3.63) is 53.1 Å². The lowest BCUT2D eigenvalue weighted by Crippen LogP contribution is -2.35. The van der Waals surface area contributed by atoms with Crippen molar-refractivity contribution in [2.45, 2.75) is 13.8 Å². The van der Waals surface area contributed by atoms with Gasteiger partial charge < -0.3 is 10.4 Å². The van der Waals surface area contributed by atoms with Crippen molar-refractivity contribution in [2.75, 3.05) is 16.8 Å². The van der Waals surface area contributed by atoms with Crippen molar-refractivity contribution < 1.29 is 9.90 Å². The number of carbonyl (C=O) groups is 1. The van der Waals surface area contributed by atoms with Crippen LogP contribution in [-0.2, 0) is 0 Å². The topological polar surface area (TPSA) is 52.6 Å². The number of anilines is 2. The van der Waals surface area contributed by atoms with E-state index in [1.807, 2.05) is 13.8 Å². The molecule has 0 atom stereocenters. The number of phenols is 1. The molecule has 0 radical (unpaired) electrons. The summed E-state index contributed by atoms with van der Waals surface area (Å²) < 4.78 is 0. The lowest BCUT2D eigenvalue weighted by Gasteiger charge is -2.23. The lowest BCUT2D eigenvalue weighted by atomic mass is 10.1.